The van der Waals surface area contributed by atoms with Crippen LogP contribution in [0.1, 0.15) is 23.6 Å². The van der Waals surface area contributed by atoms with Crippen molar-refractivity contribution in [3.05, 3.63) is 23.3 Å². The van der Waals surface area contributed by atoms with E-state index in [9.17, 15) is 0 Å². The Labute approximate surface area is 103 Å². The van der Waals surface area contributed by atoms with E-state index in [1.54, 1.807) is 14.2 Å². The van der Waals surface area contributed by atoms with E-state index in [1.165, 1.54) is 0 Å². The lowest BCUT2D eigenvalue weighted by Crippen LogP contribution is -2.19. The molecule has 0 fully saturated rings. The Morgan fingerprint density at radius 1 is 1.29 bits per heavy atom. The molecule has 1 atom stereocenters. The van der Waals surface area contributed by atoms with E-state index in [0.717, 1.165) is 22.6 Å². The van der Waals surface area contributed by atoms with Gasteiger partial charge in [-0.1, -0.05) is 0 Å². The fraction of sp³-hybridized carbons (Fsp3) is 0.538. The average Bonchev–Trinajstić information content (AvgIpc) is 2.35. The molecule has 0 aliphatic heterocycles. The van der Waals surface area contributed by atoms with Crippen molar-refractivity contribution in [3.63, 3.8) is 0 Å². The molecule has 17 heavy (non-hydrogen) atoms. The number of benzene rings is 1. The maximum absolute atomic E-state index is 9.08. The Morgan fingerprint density at radius 3 is 2.47 bits per heavy atom. The number of aliphatic hydroxyl groups is 1. The maximum atomic E-state index is 9.08. The predicted octanol–water partition coefficient (Wildman–Crippen LogP) is 1.66. The molecule has 0 aliphatic rings. The van der Waals surface area contributed by atoms with Crippen molar-refractivity contribution in [2.24, 2.45) is 0 Å². The summed E-state index contributed by atoms with van der Waals surface area (Å²) in [5, 5.41) is 12.3. The molecule has 0 radical (unpaired) electrons. The first kappa shape index (κ1) is 13.8. The molecule has 2 N–H and O–H groups in total. The zero-order valence-corrected chi connectivity index (χ0v) is 10.9. The third-order valence-electron chi connectivity index (χ3n) is 2.89. The van der Waals surface area contributed by atoms with Gasteiger partial charge in [0.05, 0.1) is 14.2 Å². The fourth-order valence-electron chi connectivity index (χ4n) is 2.03. The van der Waals surface area contributed by atoms with Crippen molar-refractivity contribution in [2.45, 2.75) is 19.4 Å². The summed E-state index contributed by atoms with van der Waals surface area (Å²) < 4.78 is 10.6. The van der Waals surface area contributed by atoms with Crippen LogP contribution in [0.5, 0.6) is 11.5 Å². The molecule has 1 aromatic rings. The molecule has 0 amide bonds. The molecule has 1 rings (SSSR count). The van der Waals surface area contributed by atoms with Crippen LogP contribution in [0.3, 0.4) is 0 Å². The molecule has 0 aromatic heterocycles. The van der Waals surface area contributed by atoms with Gasteiger partial charge in [0.2, 0.25) is 0 Å². The number of hydrogen-bond donors (Lipinski definition) is 2. The van der Waals surface area contributed by atoms with E-state index in [4.69, 9.17) is 14.6 Å². The Bertz CT molecular complexity index is 366. The topological polar surface area (TPSA) is 50.7 Å². The van der Waals surface area contributed by atoms with Gasteiger partial charge in [-0.05, 0) is 32.0 Å². The van der Waals surface area contributed by atoms with E-state index in [2.05, 4.69) is 5.32 Å². The van der Waals surface area contributed by atoms with Crippen LogP contribution in [0.15, 0.2) is 12.1 Å². The minimum atomic E-state index is 0.0841. The molecule has 1 aromatic carbocycles. The van der Waals surface area contributed by atoms with E-state index >= 15 is 0 Å². The third-order valence-corrected chi connectivity index (χ3v) is 2.89. The van der Waals surface area contributed by atoms with Gasteiger partial charge in [0.1, 0.15) is 11.5 Å². The standard InChI is InChI=1S/C13H21NO3/c1-9-7-10(16-3)8-12(17-4)13(9)11(14-2)5-6-15/h7-8,11,14-15H,5-6H2,1-4H3. The lowest BCUT2D eigenvalue weighted by Gasteiger charge is -2.21. The molecule has 0 aliphatic carbocycles. The molecule has 1 unspecified atom stereocenters. The van der Waals surface area contributed by atoms with E-state index < -0.39 is 0 Å². The van der Waals surface area contributed by atoms with Crippen molar-refractivity contribution in [1.29, 1.82) is 0 Å². The summed E-state index contributed by atoms with van der Waals surface area (Å²) in [4.78, 5) is 0. The van der Waals surface area contributed by atoms with E-state index in [1.807, 2.05) is 26.1 Å². The number of rotatable bonds is 6. The van der Waals surface area contributed by atoms with Gasteiger partial charge in [0.15, 0.2) is 0 Å². The highest BCUT2D eigenvalue weighted by Gasteiger charge is 2.17. The largest absolute Gasteiger partial charge is 0.497 e. The van der Waals surface area contributed by atoms with Gasteiger partial charge in [0.25, 0.3) is 0 Å². The Balaban J connectivity index is 3.20. The Hall–Kier alpha value is -1.26. The number of nitrogens with one attached hydrogen (secondary N) is 1. The number of aryl methyl sites for hydroxylation is 1. The van der Waals surface area contributed by atoms with Gasteiger partial charge in [-0.2, -0.15) is 0 Å². The first-order valence-electron chi connectivity index (χ1n) is 5.68. The number of ether oxygens (including phenoxy) is 2. The zero-order chi connectivity index (χ0) is 12.8. The summed E-state index contributed by atoms with van der Waals surface area (Å²) in [6, 6.07) is 3.92. The van der Waals surface area contributed by atoms with Gasteiger partial charge in [-0.3, -0.25) is 0 Å². The monoisotopic (exact) mass is 239 g/mol. The average molecular weight is 239 g/mol. The number of aliphatic hydroxyl groups excluding tert-OH is 1. The van der Waals surface area contributed by atoms with Crippen molar-refractivity contribution in [2.75, 3.05) is 27.9 Å². The van der Waals surface area contributed by atoms with Gasteiger partial charge in [-0.25, -0.2) is 0 Å². The highest BCUT2D eigenvalue weighted by Crippen LogP contribution is 2.34. The molecule has 0 saturated heterocycles. The highest BCUT2D eigenvalue weighted by atomic mass is 16.5. The first-order valence-corrected chi connectivity index (χ1v) is 5.68. The SMILES string of the molecule is CNC(CCO)c1c(C)cc(OC)cc1OC. The second-order valence-corrected chi connectivity index (χ2v) is 3.91. The van der Waals surface area contributed by atoms with Crippen LogP contribution < -0.4 is 14.8 Å². The van der Waals surface area contributed by atoms with Crippen molar-refractivity contribution in [1.82, 2.24) is 5.32 Å². The van der Waals surface area contributed by atoms with E-state index in [-0.39, 0.29) is 12.6 Å². The molecule has 4 heteroatoms. The quantitative estimate of drug-likeness (QED) is 0.792. The molecule has 0 bridgehead atoms. The summed E-state index contributed by atoms with van der Waals surface area (Å²) in [5.74, 6) is 1.57. The van der Waals surface area contributed by atoms with Crippen LogP contribution in [0, 0.1) is 6.92 Å². The molecule has 0 spiro atoms. The molecular formula is C13H21NO3. The van der Waals surface area contributed by atoms with Crippen molar-refractivity contribution >= 4 is 0 Å². The number of hydrogen-bond acceptors (Lipinski definition) is 4. The molecule has 4 nitrogen and oxygen atoms in total. The third kappa shape index (κ3) is 3.11. The molecule has 0 heterocycles. The minimum absolute atomic E-state index is 0.0841. The predicted molar refractivity (Wildman–Crippen MR) is 67.8 cm³/mol. The van der Waals surface area contributed by atoms with Crippen LogP contribution in [0.25, 0.3) is 0 Å². The fourth-order valence-corrected chi connectivity index (χ4v) is 2.03. The number of methoxy groups -OCH3 is 2. The van der Waals surface area contributed by atoms with E-state index in [0.29, 0.717) is 6.42 Å². The Kier molecular flexibility index (Phi) is 5.25. The van der Waals surface area contributed by atoms with Gasteiger partial charge in [0, 0.05) is 24.3 Å². The van der Waals surface area contributed by atoms with Crippen molar-refractivity contribution in [3.8, 4) is 11.5 Å². The maximum Gasteiger partial charge on any atom is 0.127 e. The summed E-state index contributed by atoms with van der Waals surface area (Å²) in [5.41, 5.74) is 2.17. The molecular weight excluding hydrogens is 218 g/mol. The van der Waals surface area contributed by atoms with Crippen LogP contribution in [0.2, 0.25) is 0 Å². The zero-order valence-electron chi connectivity index (χ0n) is 10.9. The van der Waals surface area contributed by atoms with Crippen LogP contribution in [-0.4, -0.2) is 33.0 Å². The van der Waals surface area contributed by atoms with Gasteiger partial charge >= 0.3 is 0 Å². The first-order chi connectivity index (χ1) is 8.17. The second kappa shape index (κ2) is 6.47. The summed E-state index contributed by atoms with van der Waals surface area (Å²) in [6.45, 7) is 2.15. The van der Waals surface area contributed by atoms with Gasteiger partial charge < -0.3 is 19.9 Å². The van der Waals surface area contributed by atoms with Crippen LogP contribution >= 0.6 is 0 Å². The van der Waals surface area contributed by atoms with Gasteiger partial charge in [-0.15, -0.1) is 0 Å². The highest BCUT2D eigenvalue weighted by molar-refractivity contribution is 5.47. The molecule has 96 valence electrons. The van der Waals surface area contributed by atoms with Crippen molar-refractivity contribution < 1.29 is 14.6 Å². The normalized spacial score (nSPS) is 12.3. The lowest BCUT2D eigenvalue weighted by atomic mass is 9.97. The second-order valence-electron chi connectivity index (χ2n) is 3.91. The Morgan fingerprint density at radius 2 is 2.00 bits per heavy atom. The van der Waals surface area contributed by atoms with Crippen LogP contribution in [-0.2, 0) is 0 Å². The summed E-state index contributed by atoms with van der Waals surface area (Å²) >= 11 is 0. The minimum Gasteiger partial charge on any atom is -0.497 e. The molecule has 0 saturated carbocycles. The summed E-state index contributed by atoms with van der Waals surface area (Å²) in [6.07, 6.45) is 0.653. The summed E-state index contributed by atoms with van der Waals surface area (Å²) in [7, 11) is 5.16. The lowest BCUT2D eigenvalue weighted by molar-refractivity contribution is 0.266. The van der Waals surface area contributed by atoms with Crippen LogP contribution in [0.4, 0.5) is 0 Å². The smallest absolute Gasteiger partial charge is 0.127 e.